The molecule has 0 aliphatic heterocycles. The number of H-pyrrole nitrogens is 1. The predicted molar refractivity (Wildman–Crippen MR) is 72.2 cm³/mol. The number of carbonyl (C=O) groups is 1. The maximum Gasteiger partial charge on any atom is 0.357 e. The van der Waals surface area contributed by atoms with Gasteiger partial charge in [-0.15, -0.1) is 0 Å². The maximum absolute atomic E-state index is 13.2. The van der Waals surface area contributed by atoms with Crippen LogP contribution < -0.4 is 4.72 Å². The number of aromatic carboxylic acids is 1. The van der Waals surface area contributed by atoms with Gasteiger partial charge in [-0.05, 0) is 37.6 Å². The minimum absolute atomic E-state index is 0.0960. The summed E-state index contributed by atoms with van der Waals surface area (Å²) in [7, 11) is -4.15. The van der Waals surface area contributed by atoms with Gasteiger partial charge >= 0.3 is 5.97 Å². The molecule has 7 nitrogen and oxygen atoms in total. The Morgan fingerprint density at radius 2 is 2.05 bits per heavy atom. The van der Waals surface area contributed by atoms with Gasteiger partial charge in [-0.25, -0.2) is 17.6 Å². The lowest BCUT2D eigenvalue weighted by Gasteiger charge is -2.09. The summed E-state index contributed by atoms with van der Waals surface area (Å²) in [6.07, 6.45) is 0. The van der Waals surface area contributed by atoms with E-state index in [1.54, 1.807) is 0 Å². The van der Waals surface area contributed by atoms with Gasteiger partial charge in [0, 0.05) is 5.69 Å². The number of aryl methyl sites for hydroxylation is 2. The van der Waals surface area contributed by atoms with Crippen molar-refractivity contribution in [1.29, 1.82) is 0 Å². The van der Waals surface area contributed by atoms with E-state index in [9.17, 15) is 17.6 Å². The summed E-state index contributed by atoms with van der Waals surface area (Å²) < 4.78 is 39.9. The van der Waals surface area contributed by atoms with Gasteiger partial charge in [0.05, 0.1) is 5.69 Å². The third-order valence-electron chi connectivity index (χ3n) is 2.77. The Morgan fingerprint density at radius 3 is 2.62 bits per heavy atom. The van der Waals surface area contributed by atoms with Gasteiger partial charge in [-0.2, -0.15) is 5.10 Å². The summed E-state index contributed by atoms with van der Waals surface area (Å²) >= 11 is 0. The van der Waals surface area contributed by atoms with Gasteiger partial charge in [-0.1, -0.05) is 0 Å². The van der Waals surface area contributed by atoms with Crippen LogP contribution in [0.4, 0.5) is 10.1 Å². The van der Waals surface area contributed by atoms with Crippen LogP contribution in [0.2, 0.25) is 0 Å². The van der Waals surface area contributed by atoms with Crippen LogP contribution in [0.1, 0.15) is 21.7 Å². The Balaban J connectivity index is 2.45. The number of anilines is 1. The number of aromatic amines is 1. The van der Waals surface area contributed by atoms with Crippen LogP contribution in [0, 0.1) is 19.7 Å². The monoisotopic (exact) mass is 313 g/mol. The molecule has 112 valence electrons. The SMILES string of the molecule is Cc1cc(NS(=O)(=O)c2c(C(=O)O)n[nH]c2C)ccc1F. The first kappa shape index (κ1) is 15.0. The van der Waals surface area contributed by atoms with Crippen molar-refractivity contribution in [3.05, 3.63) is 41.0 Å². The van der Waals surface area contributed by atoms with Crippen molar-refractivity contribution >= 4 is 21.7 Å². The number of carboxylic acids is 1. The number of sulfonamides is 1. The number of hydrogen-bond acceptors (Lipinski definition) is 4. The van der Waals surface area contributed by atoms with E-state index in [-0.39, 0.29) is 16.9 Å². The molecule has 0 saturated carbocycles. The molecule has 3 N–H and O–H groups in total. The average molecular weight is 313 g/mol. The first-order valence-corrected chi connectivity index (χ1v) is 7.28. The second kappa shape index (κ2) is 5.17. The quantitative estimate of drug-likeness (QED) is 0.794. The number of aromatic nitrogens is 2. The second-order valence-electron chi connectivity index (χ2n) is 4.40. The molecule has 1 aromatic heterocycles. The highest BCUT2D eigenvalue weighted by atomic mass is 32.2. The number of halogens is 1. The van der Waals surface area contributed by atoms with Crippen LogP contribution in [0.25, 0.3) is 0 Å². The number of nitrogens with zero attached hydrogens (tertiary/aromatic N) is 1. The van der Waals surface area contributed by atoms with Crippen LogP contribution in [0.5, 0.6) is 0 Å². The molecule has 0 fully saturated rings. The van der Waals surface area contributed by atoms with Crippen molar-refractivity contribution in [2.45, 2.75) is 18.7 Å². The van der Waals surface area contributed by atoms with Crippen molar-refractivity contribution in [3.63, 3.8) is 0 Å². The zero-order chi connectivity index (χ0) is 15.8. The summed E-state index contributed by atoms with van der Waals surface area (Å²) in [5, 5.41) is 14.7. The molecule has 0 amide bonds. The summed E-state index contributed by atoms with van der Waals surface area (Å²) in [6.45, 7) is 2.88. The number of hydrogen-bond donors (Lipinski definition) is 3. The molecule has 0 atom stereocenters. The molecule has 0 saturated heterocycles. The molecule has 0 radical (unpaired) electrons. The average Bonchev–Trinajstić information content (AvgIpc) is 2.76. The zero-order valence-electron chi connectivity index (χ0n) is 11.1. The first-order valence-electron chi connectivity index (χ1n) is 5.79. The molecule has 1 heterocycles. The van der Waals surface area contributed by atoms with Gasteiger partial charge in [0.2, 0.25) is 0 Å². The van der Waals surface area contributed by atoms with E-state index in [1.165, 1.54) is 26.0 Å². The first-order chi connectivity index (χ1) is 9.72. The number of benzene rings is 1. The molecule has 2 rings (SSSR count). The van der Waals surface area contributed by atoms with Crippen LogP contribution in [0.3, 0.4) is 0 Å². The van der Waals surface area contributed by atoms with Crippen molar-refractivity contribution in [2.75, 3.05) is 4.72 Å². The van der Waals surface area contributed by atoms with Crippen molar-refractivity contribution in [1.82, 2.24) is 10.2 Å². The maximum atomic E-state index is 13.2. The van der Waals surface area contributed by atoms with Crippen LogP contribution in [-0.4, -0.2) is 29.7 Å². The van der Waals surface area contributed by atoms with Crippen molar-refractivity contribution in [2.24, 2.45) is 0 Å². The van der Waals surface area contributed by atoms with Gasteiger partial charge in [0.25, 0.3) is 10.0 Å². The highest BCUT2D eigenvalue weighted by Gasteiger charge is 2.28. The smallest absolute Gasteiger partial charge is 0.357 e. The Hall–Kier alpha value is -2.42. The zero-order valence-corrected chi connectivity index (χ0v) is 12.0. The predicted octanol–water partition coefficient (Wildman–Crippen LogP) is 1.66. The third kappa shape index (κ3) is 2.87. The Kier molecular flexibility index (Phi) is 3.69. The molecule has 1 aromatic carbocycles. The highest BCUT2D eigenvalue weighted by Crippen LogP contribution is 2.22. The van der Waals surface area contributed by atoms with E-state index in [2.05, 4.69) is 14.9 Å². The number of rotatable bonds is 4. The minimum atomic E-state index is -4.15. The van der Waals surface area contributed by atoms with Gasteiger partial charge in [-0.3, -0.25) is 9.82 Å². The minimum Gasteiger partial charge on any atom is -0.476 e. The normalized spacial score (nSPS) is 11.4. The highest BCUT2D eigenvalue weighted by molar-refractivity contribution is 7.92. The lowest BCUT2D eigenvalue weighted by molar-refractivity contribution is 0.0686. The summed E-state index contributed by atoms with van der Waals surface area (Å²) in [4.78, 5) is 10.6. The Labute approximate surface area is 119 Å². The van der Waals surface area contributed by atoms with E-state index < -0.39 is 32.4 Å². The number of nitrogens with one attached hydrogen (secondary N) is 2. The van der Waals surface area contributed by atoms with Crippen molar-refractivity contribution in [3.8, 4) is 0 Å². The largest absolute Gasteiger partial charge is 0.476 e. The summed E-state index contributed by atoms with van der Waals surface area (Å²) in [5.41, 5.74) is -0.110. The molecular weight excluding hydrogens is 301 g/mol. The molecule has 2 aromatic rings. The molecule has 0 aliphatic carbocycles. The summed E-state index contributed by atoms with van der Waals surface area (Å²) in [6, 6.07) is 3.67. The lowest BCUT2D eigenvalue weighted by atomic mass is 10.2. The lowest BCUT2D eigenvalue weighted by Crippen LogP contribution is -2.17. The van der Waals surface area contributed by atoms with Crippen LogP contribution in [0.15, 0.2) is 23.1 Å². The van der Waals surface area contributed by atoms with E-state index >= 15 is 0 Å². The topological polar surface area (TPSA) is 112 Å². The third-order valence-corrected chi connectivity index (χ3v) is 4.31. The molecule has 9 heteroatoms. The Morgan fingerprint density at radius 1 is 1.38 bits per heavy atom. The number of carboxylic acid groups (broad SMARTS) is 1. The van der Waals surface area contributed by atoms with Gasteiger partial charge in [0.15, 0.2) is 5.69 Å². The molecule has 0 aliphatic rings. The van der Waals surface area contributed by atoms with Gasteiger partial charge in [0.1, 0.15) is 10.7 Å². The fraction of sp³-hybridized carbons (Fsp3) is 0.167. The molecule has 0 unspecified atom stereocenters. The van der Waals surface area contributed by atoms with E-state index in [1.807, 2.05) is 0 Å². The summed E-state index contributed by atoms with van der Waals surface area (Å²) in [5.74, 6) is -1.93. The van der Waals surface area contributed by atoms with E-state index in [0.717, 1.165) is 6.07 Å². The Bertz CT molecular complexity index is 814. The molecular formula is C12H12FN3O4S. The van der Waals surface area contributed by atoms with Crippen molar-refractivity contribution < 1.29 is 22.7 Å². The fourth-order valence-corrected chi connectivity index (χ4v) is 3.18. The molecule has 0 spiro atoms. The standard InChI is InChI=1S/C12H12FN3O4S/c1-6-5-8(3-4-9(6)13)16-21(19,20)11-7(2)14-15-10(11)12(17)18/h3-5,16H,1-2H3,(H,14,15)(H,17,18). The van der Waals surface area contributed by atoms with E-state index in [4.69, 9.17) is 5.11 Å². The molecule has 0 bridgehead atoms. The van der Waals surface area contributed by atoms with Crippen LogP contribution >= 0.6 is 0 Å². The fourth-order valence-electron chi connectivity index (χ4n) is 1.81. The molecule has 21 heavy (non-hydrogen) atoms. The van der Waals surface area contributed by atoms with Gasteiger partial charge < -0.3 is 5.11 Å². The van der Waals surface area contributed by atoms with Crippen LogP contribution in [-0.2, 0) is 10.0 Å². The van der Waals surface area contributed by atoms with E-state index in [0.29, 0.717) is 0 Å². The second-order valence-corrected chi connectivity index (χ2v) is 6.02.